The van der Waals surface area contributed by atoms with E-state index in [1.165, 1.54) is 13.2 Å². The fourth-order valence-electron chi connectivity index (χ4n) is 4.79. The fourth-order valence-corrected chi connectivity index (χ4v) is 5.19. The van der Waals surface area contributed by atoms with Crippen LogP contribution in [0.1, 0.15) is 37.8 Å². The van der Waals surface area contributed by atoms with Crippen LogP contribution in [0.4, 0.5) is 4.39 Å². The number of ether oxygens (including phenoxy) is 1. The molecule has 1 fully saturated rings. The summed E-state index contributed by atoms with van der Waals surface area (Å²) in [6.07, 6.45) is 1.65. The fraction of sp³-hybridized carbons (Fsp3) is 0.500. The number of rotatable bonds is 9. The third kappa shape index (κ3) is 5.77. The molecule has 2 aromatic carbocycles. The van der Waals surface area contributed by atoms with E-state index in [1.807, 2.05) is 36.4 Å². The maximum atomic E-state index is 13.9. The van der Waals surface area contributed by atoms with E-state index >= 15 is 0 Å². The second kappa shape index (κ2) is 11.4. The van der Waals surface area contributed by atoms with E-state index in [2.05, 4.69) is 39.6 Å². The minimum Gasteiger partial charge on any atom is -0.468 e. The number of methoxy groups -OCH3 is 1. The Morgan fingerprint density at radius 2 is 1.78 bits per heavy atom. The van der Waals surface area contributed by atoms with Gasteiger partial charge in [0.1, 0.15) is 5.82 Å². The van der Waals surface area contributed by atoms with E-state index < -0.39 is 5.41 Å². The van der Waals surface area contributed by atoms with Crippen molar-refractivity contribution in [2.24, 2.45) is 5.92 Å². The van der Waals surface area contributed by atoms with Gasteiger partial charge in [-0.05, 0) is 49.1 Å². The second-order valence-corrected chi connectivity index (χ2v) is 9.86. The van der Waals surface area contributed by atoms with Crippen LogP contribution in [0.3, 0.4) is 0 Å². The molecule has 1 aliphatic heterocycles. The van der Waals surface area contributed by atoms with Crippen molar-refractivity contribution >= 4 is 21.9 Å². The van der Waals surface area contributed by atoms with Gasteiger partial charge in [-0.3, -0.25) is 9.69 Å². The Hall–Kier alpha value is -1.76. The highest BCUT2D eigenvalue weighted by Crippen LogP contribution is 2.39. The van der Waals surface area contributed by atoms with Gasteiger partial charge >= 0.3 is 5.97 Å². The van der Waals surface area contributed by atoms with Gasteiger partial charge < -0.3 is 9.64 Å². The number of piperazine rings is 1. The van der Waals surface area contributed by atoms with E-state index in [1.54, 1.807) is 6.07 Å². The molecule has 6 heteroatoms. The Balaban J connectivity index is 1.58. The molecule has 0 bridgehead atoms. The summed E-state index contributed by atoms with van der Waals surface area (Å²) in [5, 5.41) is 0. The Morgan fingerprint density at radius 1 is 1.09 bits per heavy atom. The van der Waals surface area contributed by atoms with Crippen LogP contribution < -0.4 is 0 Å². The average molecular weight is 505 g/mol. The lowest BCUT2D eigenvalue weighted by Gasteiger charge is -2.38. The number of halogens is 2. The van der Waals surface area contributed by atoms with Gasteiger partial charge in [-0.25, -0.2) is 4.39 Å². The SMILES string of the molecule is COC(=O)C(CCCN1CCN(Cc2ccccc2F)CC1)(c1cccc(Br)c1)C(C)C. The van der Waals surface area contributed by atoms with Gasteiger partial charge in [0.2, 0.25) is 0 Å². The summed E-state index contributed by atoms with van der Waals surface area (Å²) in [7, 11) is 1.48. The summed E-state index contributed by atoms with van der Waals surface area (Å²) < 4.78 is 20.2. The molecule has 174 valence electrons. The first-order valence-corrected chi connectivity index (χ1v) is 12.2. The third-order valence-corrected chi connectivity index (χ3v) is 7.23. The number of esters is 1. The Labute approximate surface area is 199 Å². The zero-order chi connectivity index (χ0) is 23.1. The van der Waals surface area contributed by atoms with E-state index in [-0.39, 0.29) is 17.7 Å². The first kappa shape index (κ1) is 24.9. The summed E-state index contributed by atoms with van der Waals surface area (Å²) in [6, 6.07) is 15.0. The lowest BCUT2D eigenvalue weighted by molar-refractivity contribution is -0.150. The molecule has 0 radical (unpaired) electrons. The Morgan fingerprint density at radius 3 is 2.41 bits per heavy atom. The van der Waals surface area contributed by atoms with Gasteiger partial charge in [0.05, 0.1) is 12.5 Å². The maximum Gasteiger partial charge on any atom is 0.316 e. The summed E-state index contributed by atoms with van der Waals surface area (Å²) in [5.41, 5.74) is 1.10. The minimum absolute atomic E-state index is 0.113. The van der Waals surface area contributed by atoms with Crippen molar-refractivity contribution in [1.82, 2.24) is 9.80 Å². The molecule has 0 aromatic heterocycles. The zero-order valence-corrected chi connectivity index (χ0v) is 20.9. The summed E-state index contributed by atoms with van der Waals surface area (Å²) in [4.78, 5) is 17.8. The lowest BCUT2D eigenvalue weighted by Crippen LogP contribution is -2.47. The van der Waals surface area contributed by atoms with Crippen molar-refractivity contribution in [2.75, 3.05) is 39.8 Å². The normalized spacial score (nSPS) is 17.3. The highest BCUT2D eigenvalue weighted by Gasteiger charge is 2.44. The monoisotopic (exact) mass is 504 g/mol. The van der Waals surface area contributed by atoms with Gasteiger partial charge in [0.25, 0.3) is 0 Å². The Kier molecular flexibility index (Phi) is 8.86. The van der Waals surface area contributed by atoms with E-state index in [9.17, 15) is 9.18 Å². The van der Waals surface area contributed by atoms with Crippen LogP contribution in [-0.2, 0) is 21.5 Å². The molecular formula is C26H34BrFN2O2. The molecule has 1 atom stereocenters. The second-order valence-electron chi connectivity index (χ2n) is 8.94. The molecule has 1 heterocycles. The first-order chi connectivity index (χ1) is 15.4. The number of carbonyl (C=O) groups excluding carboxylic acids is 1. The molecule has 0 amide bonds. The van der Waals surface area contributed by atoms with Gasteiger partial charge in [-0.2, -0.15) is 0 Å². The molecule has 0 aliphatic carbocycles. The van der Waals surface area contributed by atoms with Crippen molar-refractivity contribution in [3.8, 4) is 0 Å². The molecule has 32 heavy (non-hydrogen) atoms. The smallest absolute Gasteiger partial charge is 0.316 e. The van der Waals surface area contributed by atoms with Crippen molar-refractivity contribution in [1.29, 1.82) is 0 Å². The molecule has 4 nitrogen and oxygen atoms in total. The predicted octanol–water partition coefficient (Wildman–Crippen LogP) is 5.25. The standard InChI is InChI=1S/C26H34BrFN2O2/c1-20(2)26(25(31)32-3,22-9-6-10-23(27)18-22)12-7-13-29-14-16-30(17-15-29)19-21-8-4-5-11-24(21)28/h4-6,8-11,18,20H,7,12-17,19H2,1-3H3. The molecule has 1 unspecified atom stereocenters. The van der Waals surface area contributed by atoms with Crippen LogP contribution in [0, 0.1) is 11.7 Å². The number of hydrogen-bond donors (Lipinski definition) is 0. The topological polar surface area (TPSA) is 32.8 Å². The average Bonchev–Trinajstić information content (AvgIpc) is 2.78. The highest BCUT2D eigenvalue weighted by molar-refractivity contribution is 9.10. The molecule has 1 saturated heterocycles. The van der Waals surface area contributed by atoms with Gasteiger partial charge in [-0.15, -0.1) is 0 Å². The van der Waals surface area contributed by atoms with E-state index in [0.717, 1.165) is 61.2 Å². The Bertz CT molecular complexity index is 899. The predicted molar refractivity (Wildman–Crippen MR) is 130 cm³/mol. The number of benzene rings is 2. The van der Waals surface area contributed by atoms with Crippen LogP contribution >= 0.6 is 15.9 Å². The van der Waals surface area contributed by atoms with Crippen LogP contribution in [0.2, 0.25) is 0 Å². The molecule has 0 spiro atoms. The van der Waals surface area contributed by atoms with Crippen molar-refractivity contribution in [3.63, 3.8) is 0 Å². The van der Waals surface area contributed by atoms with Gasteiger partial charge in [0.15, 0.2) is 0 Å². The van der Waals surface area contributed by atoms with Crippen LogP contribution in [0.25, 0.3) is 0 Å². The molecule has 0 N–H and O–H groups in total. The van der Waals surface area contributed by atoms with Gasteiger partial charge in [0, 0.05) is 42.8 Å². The zero-order valence-electron chi connectivity index (χ0n) is 19.3. The lowest BCUT2D eigenvalue weighted by atomic mass is 9.68. The quantitative estimate of drug-likeness (QED) is 0.436. The van der Waals surface area contributed by atoms with E-state index in [4.69, 9.17) is 4.74 Å². The molecular weight excluding hydrogens is 471 g/mol. The number of carbonyl (C=O) groups is 1. The number of hydrogen-bond acceptors (Lipinski definition) is 4. The third-order valence-electron chi connectivity index (χ3n) is 6.74. The summed E-state index contributed by atoms with van der Waals surface area (Å²) >= 11 is 3.55. The molecule has 2 aromatic rings. The summed E-state index contributed by atoms with van der Waals surface area (Å²) in [6.45, 7) is 9.54. The van der Waals surface area contributed by atoms with Crippen molar-refractivity contribution < 1.29 is 13.9 Å². The minimum atomic E-state index is -0.662. The van der Waals surface area contributed by atoms with Crippen LogP contribution in [-0.4, -0.2) is 55.6 Å². The van der Waals surface area contributed by atoms with E-state index in [0.29, 0.717) is 6.54 Å². The van der Waals surface area contributed by atoms with Crippen molar-refractivity contribution in [2.45, 2.75) is 38.6 Å². The number of nitrogens with zero attached hydrogens (tertiary/aromatic N) is 2. The largest absolute Gasteiger partial charge is 0.468 e. The highest BCUT2D eigenvalue weighted by atomic mass is 79.9. The molecule has 1 aliphatic rings. The first-order valence-electron chi connectivity index (χ1n) is 11.4. The molecule has 0 saturated carbocycles. The molecule has 3 rings (SSSR count). The van der Waals surface area contributed by atoms with Crippen LogP contribution in [0.5, 0.6) is 0 Å². The van der Waals surface area contributed by atoms with Crippen LogP contribution in [0.15, 0.2) is 53.0 Å². The summed E-state index contributed by atoms with van der Waals surface area (Å²) in [5.74, 6) is -0.183. The van der Waals surface area contributed by atoms with Gasteiger partial charge in [-0.1, -0.05) is 60.1 Å². The maximum absolute atomic E-state index is 13.9. The van der Waals surface area contributed by atoms with Crippen molar-refractivity contribution in [3.05, 3.63) is 69.9 Å².